The van der Waals surface area contributed by atoms with E-state index in [0.29, 0.717) is 5.92 Å². The lowest BCUT2D eigenvalue weighted by atomic mass is 10.1. The molecule has 3 rings (SSSR count). The molecular formula is C14H20N2OS. The summed E-state index contributed by atoms with van der Waals surface area (Å²) in [5, 5.41) is 1.03. The predicted octanol–water partition coefficient (Wildman–Crippen LogP) is 3.46. The largest absolute Gasteiger partial charge is 0.351 e. The van der Waals surface area contributed by atoms with E-state index in [0.717, 1.165) is 34.5 Å². The summed E-state index contributed by atoms with van der Waals surface area (Å²) in [6.45, 7) is 1.09. The second-order valence-corrected chi connectivity index (χ2v) is 6.68. The van der Waals surface area contributed by atoms with Crippen molar-refractivity contribution in [3.05, 3.63) is 10.6 Å². The molecule has 0 radical (unpaired) electrons. The van der Waals surface area contributed by atoms with Crippen LogP contribution in [0, 0.1) is 5.92 Å². The Kier molecular flexibility index (Phi) is 3.37. The molecule has 3 nitrogen and oxygen atoms in total. The first-order chi connectivity index (χ1) is 8.78. The number of rotatable bonds is 5. The molecule has 0 bridgehead atoms. The maximum absolute atomic E-state index is 11.1. The highest BCUT2D eigenvalue weighted by atomic mass is 32.1. The van der Waals surface area contributed by atoms with Crippen LogP contribution in [-0.2, 0) is 0 Å². The molecule has 98 valence electrons. The highest BCUT2D eigenvalue weighted by molar-refractivity contribution is 7.17. The average molecular weight is 264 g/mol. The topological polar surface area (TPSA) is 33.2 Å². The van der Waals surface area contributed by atoms with E-state index in [9.17, 15) is 4.79 Å². The van der Waals surface area contributed by atoms with Gasteiger partial charge in [0.1, 0.15) is 0 Å². The molecule has 1 heterocycles. The van der Waals surface area contributed by atoms with Gasteiger partial charge >= 0.3 is 0 Å². The third-order valence-corrected chi connectivity index (χ3v) is 5.19. The number of nitrogens with zero attached hydrogens (tertiary/aromatic N) is 2. The zero-order valence-electron chi connectivity index (χ0n) is 10.9. The van der Waals surface area contributed by atoms with Crippen molar-refractivity contribution in [3.8, 4) is 0 Å². The number of aldehydes is 1. The van der Waals surface area contributed by atoms with Crippen LogP contribution in [0.1, 0.15) is 59.8 Å². The zero-order chi connectivity index (χ0) is 12.5. The smallest absolute Gasteiger partial charge is 0.185 e. The first kappa shape index (κ1) is 12.2. The summed E-state index contributed by atoms with van der Waals surface area (Å²) in [6.07, 6.45) is 8.86. The SMILES string of the molecule is CN(CC1CCCC1)c1nc(C2CC2)c(C=O)s1. The minimum Gasteiger partial charge on any atom is -0.351 e. The Hall–Kier alpha value is -0.900. The summed E-state index contributed by atoms with van der Waals surface area (Å²) in [7, 11) is 2.11. The van der Waals surface area contributed by atoms with Gasteiger partial charge < -0.3 is 4.90 Å². The number of anilines is 1. The molecule has 0 aromatic carbocycles. The number of aromatic nitrogens is 1. The lowest BCUT2D eigenvalue weighted by molar-refractivity contribution is 0.112. The van der Waals surface area contributed by atoms with Gasteiger partial charge in [-0.3, -0.25) is 4.79 Å². The lowest BCUT2D eigenvalue weighted by Crippen LogP contribution is -2.23. The van der Waals surface area contributed by atoms with Gasteiger partial charge in [-0.25, -0.2) is 4.98 Å². The van der Waals surface area contributed by atoms with Crippen molar-refractivity contribution in [2.45, 2.75) is 44.4 Å². The molecule has 1 aromatic rings. The predicted molar refractivity (Wildman–Crippen MR) is 74.7 cm³/mol. The van der Waals surface area contributed by atoms with Gasteiger partial charge in [-0.2, -0.15) is 0 Å². The Balaban J connectivity index is 1.72. The Labute approximate surface area is 112 Å². The summed E-state index contributed by atoms with van der Waals surface area (Å²) in [5.41, 5.74) is 1.06. The molecule has 0 atom stereocenters. The van der Waals surface area contributed by atoms with Crippen molar-refractivity contribution < 1.29 is 4.79 Å². The molecule has 0 unspecified atom stereocenters. The van der Waals surface area contributed by atoms with Crippen LogP contribution in [0.25, 0.3) is 0 Å². The zero-order valence-corrected chi connectivity index (χ0v) is 11.7. The van der Waals surface area contributed by atoms with Gasteiger partial charge in [0.25, 0.3) is 0 Å². The van der Waals surface area contributed by atoms with E-state index in [2.05, 4.69) is 11.9 Å². The molecule has 18 heavy (non-hydrogen) atoms. The Morgan fingerprint density at radius 3 is 2.67 bits per heavy atom. The fraction of sp³-hybridized carbons (Fsp3) is 0.714. The number of hydrogen-bond donors (Lipinski definition) is 0. The lowest BCUT2D eigenvalue weighted by Gasteiger charge is -2.19. The summed E-state index contributed by atoms with van der Waals surface area (Å²) in [5.74, 6) is 1.39. The first-order valence-corrected chi connectivity index (χ1v) is 7.76. The first-order valence-electron chi connectivity index (χ1n) is 6.95. The maximum atomic E-state index is 11.1. The molecule has 2 aliphatic rings. The van der Waals surface area contributed by atoms with Crippen LogP contribution in [-0.4, -0.2) is 24.9 Å². The van der Waals surface area contributed by atoms with Crippen molar-refractivity contribution in [2.24, 2.45) is 5.92 Å². The van der Waals surface area contributed by atoms with Crippen molar-refractivity contribution >= 4 is 22.8 Å². The Bertz CT molecular complexity index is 433. The van der Waals surface area contributed by atoms with Crippen LogP contribution in [0.2, 0.25) is 0 Å². The van der Waals surface area contributed by atoms with Crippen LogP contribution >= 0.6 is 11.3 Å². The van der Waals surface area contributed by atoms with E-state index in [-0.39, 0.29) is 0 Å². The molecule has 0 aliphatic heterocycles. The second-order valence-electron chi connectivity index (χ2n) is 5.67. The van der Waals surface area contributed by atoms with Gasteiger partial charge in [0, 0.05) is 19.5 Å². The van der Waals surface area contributed by atoms with Gasteiger partial charge in [0.2, 0.25) is 0 Å². The molecule has 1 aromatic heterocycles. The van der Waals surface area contributed by atoms with Crippen LogP contribution in [0.4, 0.5) is 5.13 Å². The Morgan fingerprint density at radius 1 is 1.33 bits per heavy atom. The minimum absolute atomic E-state index is 0.565. The van der Waals surface area contributed by atoms with Crippen LogP contribution in [0.3, 0.4) is 0 Å². The van der Waals surface area contributed by atoms with E-state index < -0.39 is 0 Å². The normalized spacial score (nSPS) is 20.3. The van der Waals surface area contributed by atoms with Gasteiger partial charge in [-0.1, -0.05) is 24.2 Å². The van der Waals surface area contributed by atoms with Crippen molar-refractivity contribution in [3.63, 3.8) is 0 Å². The molecule has 0 amide bonds. The number of hydrogen-bond acceptors (Lipinski definition) is 4. The van der Waals surface area contributed by atoms with Crippen LogP contribution in [0.5, 0.6) is 0 Å². The van der Waals surface area contributed by atoms with E-state index in [4.69, 9.17) is 4.98 Å². The Morgan fingerprint density at radius 2 is 2.06 bits per heavy atom. The van der Waals surface area contributed by atoms with E-state index in [1.807, 2.05) is 0 Å². The van der Waals surface area contributed by atoms with Crippen LogP contribution in [0.15, 0.2) is 0 Å². The van der Waals surface area contributed by atoms with Crippen molar-refractivity contribution in [1.82, 2.24) is 4.98 Å². The van der Waals surface area contributed by atoms with Gasteiger partial charge in [-0.05, 0) is 31.6 Å². The molecular weight excluding hydrogens is 244 g/mol. The van der Waals surface area contributed by atoms with Crippen molar-refractivity contribution in [2.75, 3.05) is 18.5 Å². The molecule has 2 fully saturated rings. The van der Waals surface area contributed by atoms with E-state index in [1.165, 1.54) is 38.5 Å². The maximum Gasteiger partial charge on any atom is 0.185 e. The second kappa shape index (κ2) is 5.00. The van der Waals surface area contributed by atoms with Gasteiger partial charge in [-0.15, -0.1) is 0 Å². The third-order valence-electron chi connectivity index (χ3n) is 4.07. The molecule has 0 spiro atoms. The van der Waals surface area contributed by atoms with E-state index in [1.54, 1.807) is 11.3 Å². The standard InChI is InChI=1S/C14H20N2OS/c1-16(8-10-4-2-3-5-10)14-15-13(11-6-7-11)12(9-17)18-14/h9-11H,2-8H2,1H3. The quantitative estimate of drug-likeness (QED) is 0.764. The number of carbonyl (C=O) groups excluding carboxylic acids is 1. The molecule has 0 saturated heterocycles. The molecule has 0 N–H and O–H groups in total. The molecule has 2 aliphatic carbocycles. The van der Waals surface area contributed by atoms with Crippen molar-refractivity contribution in [1.29, 1.82) is 0 Å². The number of carbonyl (C=O) groups is 1. The highest BCUT2D eigenvalue weighted by Crippen LogP contribution is 2.43. The number of thiazole rings is 1. The van der Waals surface area contributed by atoms with Gasteiger partial charge in [0.05, 0.1) is 10.6 Å². The molecule has 4 heteroatoms. The monoisotopic (exact) mass is 264 g/mol. The third kappa shape index (κ3) is 2.44. The van der Waals surface area contributed by atoms with E-state index >= 15 is 0 Å². The highest BCUT2D eigenvalue weighted by Gasteiger charge is 2.30. The summed E-state index contributed by atoms with van der Waals surface area (Å²) in [4.78, 5) is 18.9. The fourth-order valence-corrected chi connectivity index (χ4v) is 3.82. The minimum atomic E-state index is 0.565. The fourth-order valence-electron chi connectivity index (χ4n) is 2.89. The summed E-state index contributed by atoms with van der Waals surface area (Å²) < 4.78 is 0. The summed E-state index contributed by atoms with van der Waals surface area (Å²) in [6, 6.07) is 0. The summed E-state index contributed by atoms with van der Waals surface area (Å²) >= 11 is 1.57. The van der Waals surface area contributed by atoms with Crippen LogP contribution < -0.4 is 4.90 Å². The average Bonchev–Trinajstić information content (AvgIpc) is 2.92. The molecule has 2 saturated carbocycles. The van der Waals surface area contributed by atoms with Gasteiger partial charge in [0.15, 0.2) is 11.4 Å².